The topological polar surface area (TPSA) is 75.6 Å². The minimum atomic E-state index is -0.993. The molecule has 21 heavy (non-hydrogen) atoms. The third-order valence-corrected chi connectivity index (χ3v) is 3.20. The lowest BCUT2D eigenvalue weighted by atomic mass is 9.94. The second-order valence-corrected chi connectivity index (χ2v) is 5.98. The molecule has 0 atom stereocenters. The van der Waals surface area contributed by atoms with Gasteiger partial charge < -0.3 is 15.2 Å². The van der Waals surface area contributed by atoms with Crippen molar-refractivity contribution in [3.8, 4) is 5.75 Å². The third kappa shape index (κ3) is 5.45. The molecule has 5 heteroatoms. The van der Waals surface area contributed by atoms with Crippen LogP contribution >= 0.6 is 0 Å². The summed E-state index contributed by atoms with van der Waals surface area (Å²) in [5.74, 6) is -0.264. The van der Waals surface area contributed by atoms with Crippen molar-refractivity contribution in [2.24, 2.45) is 5.41 Å². The molecule has 5 nitrogen and oxygen atoms in total. The van der Waals surface area contributed by atoms with Gasteiger partial charge in [-0.3, -0.25) is 9.59 Å². The van der Waals surface area contributed by atoms with Gasteiger partial charge in [0, 0.05) is 6.54 Å². The number of carbonyl (C=O) groups excluding carboxylic acids is 1. The van der Waals surface area contributed by atoms with Gasteiger partial charge in [-0.2, -0.15) is 0 Å². The van der Waals surface area contributed by atoms with E-state index in [4.69, 9.17) is 9.84 Å². The van der Waals surface area contributed by atoms with Crippen molar-refractivity contribution in [1.29, 1.82) is 0 Å². The van der Waals surface area contributed by atoms with Crippen molar-refractivity contribution in [2.75, 3.05) is 13.2 Å². The van der Waals surface area contributed by atoms with Crippen LogP contribution in [-0.4, -0.2) is 30.1 Å². The lowest BCUT2D eigenvalue weighted by molar-refractivity contribution is -0.146. The molecule has 1 rings (SSSR count). The Kier molecular flexibility index (Phi) is 5.76. The van der Waals surface area contributed by atoms with Crippen LogP contribution in [0.2, 0.25) is 0 Å². The predicted octanol–water partition coefficient (Wildman–Crippen LogP) is 2.42. The van der Waals surface area contributed by atoms with Gasteiger partial charge in [0.15, 0.2) is 6.61 Å². The molecule has 0 saturated carbocycles. The molecule has 0 bridgehead atoms. The van der Waals surface area contributed by atoms with Gasteiger partial charge in [-0.1, -0.05) is 26.0 Å². The molecule has 116 valence electrons. The summed E-state index contributed by atoms with van der Waals surface area (Å²) in [5, 5.41) is 11.5. The fourth-order valence-corrected chi connectivity index (χ4v) is 1.56. The Morgan fingerprint density at radius 2 is 2.00 bits per heavy atom. The van der Waals surface area contributed by atoms with Crippen LogP contribution in [0.1, 0.15) is 39.2 Å². The predicted molar refractivity (Wildman–Crippen MR) is 80.5 cm³/mol. The molecule has 1 aromatic rings. The smallest absolute Gasteiger partial charge is 0.310 e. The van der Waals surface area contributed by atoms with Crippen molar-refractivity contribution in [3.05, 3.63) is 29.8 Å². The van der Waals surface area contributed by atoms with Crippen molar-refractivity contribution in [3.63, 3.8) is 0 Å². The molecular weight excluding hydrogens is 270 g/mol. The number of carbonyl (C=O) groups is 2. The van der Waals surface area contributed by atoms with Gasteiger partial charge >= 0.3 is 5.97 Å². The highest BCUT2D eigenvalue weighted by Gasteiger charge is 2.27. The molecule has 0 spiro atoms. The van der Waals surface area contributed by atoms with E-state index in [-0.39, 0.29) is 19.1 Å². The summed E-state index contributed by atoms with van der Waals surface area (Å²) in [6, 6.07) is 7.59. The van der Waals surface area contributed by atoms with Gasteiger partial charge in [0.25, 0.3) is 5.91 Å². The molecule has 0 unspecified atom stereocenters. The second kappa shape index (κ2) is 7.11. The number of amides is 1. The van der Waals surface area contributed by atoms with Crippen molar-refractivity contribution < 1.29 is 19.4 Å². The van der Waals surface area contributed by atoms with E-state index >= 15 is 0 Å². The number of nitrogens with one attached hydrogen (secondary N) is 1. The Balaban J connectivity index is 2.47. The van der Waals surface area contributed by atoms with E-state index in [0.717, 1.165) is 5.56 Å². The van der Waals surface area contributed by atoms with Crippen molar-refractivity contribution in [1.82, 2.24) is 5.32 Å². The normalized spacial score (nSPS) is 11.3. The van der Waals surface area contributed by atoms with Crippen LogP contribution < -0.4 is 10.1 Å². The summed E-state index contributed by atoms with van der Waals surface area (Å²) in [4.78, 5) is 22.6. The largest absolute Gasteiger partial charge is 0.484 e. The number of benzene rings is 1. The summed E-state index contributed by atoms with van der Waals surface area (Å²) in [7, 11) is 0. The summed E-state index contributed by atoms with van der Waals surface area (Å²) in [5.41, 5.74) is 0.146. The van der Waals surface area contributed by atoms with Crippen LogP contribution in [0.3, 0.4) is 0 Å². The van der Waals surface area contributed by atoms with E-state index in [1.807, 2.05) is 18.2 Å². The van der Waals surface area contributed by atoms with Gasteiger partial charge in [0.2, 0.25) is 0 Å². The van der Waals surface area contributed by atoms with E-state index in [1.165, 1.54) is 0 Å². The highest BCUT2D eigenvalue weighted by Crippen LogP contribution is 2.20. The van der Waals surface area contributed by atoms with Gasteiger partial charge in [-0.15, -0.1) is 0 Å². The fourth-order valence-electron chi connectivity index (χ4n) is 1.56. The Bertz CT molecular complexity index is 509. The monoisotopic (exact) mass is 293 g/mol. The number of rotatable bonds is 7. The molecule has 2 N–H and O–H groups in total. The second-order valence-electron chi connectivity index (χ2n) is 5.98. The third-order valence-electron chi connectivity index (χ3n) is 3.20. The Morgan fingerprint density at radius 1 is 1.33 bits per heavy atom. The van der Waals surface area contributed by atoms with E-state index < -0.39 is 11.4 Å². The highest BCUT2D eigenvalue weighted by molar-refractivity contribution is 5.79. The maximum atomic E-state index is 11.7. The van der Waals surface area contributed by atoms with Crippen LogP contribution in [0.5, 0.6) is 5.75 Å². The Hall–Kier alpha value is -2.04. The first kappa shape index (κ1) is 17.0. The number of carboxylic acids is 1. The first-order valence-electron chi connectivity index (χ1n) is 6.95. The molecule has 0 aliphatic carbocycles. The molecule has 0 aliphatic rings. The SMILES string of the molecule is CC(C)c1cccc(OCC(=O)NCC(C)(C)C(=O)O)c1. The molecule has 1 amide bonds. The number of hydrogen-bond donors (Lipinski definition) is 2. The maximum absolute atomic E-state index is 11.7. The Morgan fingerprint density at radius 3 is 2.57 bits per heavy atom. The molecule has 0 fully saturated rings. The van der Waals surface area contributed by atoms with Crippen LogP contribution in [-0.2, 0) is 9.59 Å². The lowest BCUT2D eigenvalue weighted by Gasteiger charge is -2.19. The van der Waals surface area contributed by atoms with E-state index in [9.17, 15) is 9.59 Å². The molecule has 1 aromatic carbocycles. The van der Waals surface area contributed by atoms with Crippen molar-refractivity contribution >= 4 is 11.9 Å². The molecule has 0 aromatic heterocycles. The minimum Gasteiger partial charge on any atom is -0.484 e. The number of carboxylic acid groups (broad SMARTS) is 1. The fraction of sp³-hybridized carbons (Fsp3) is 0.500. The Labute approximate surface area is 125 Å². The summed E-state index contributed by atoms with van der Waals surface area (Å²) >= 11 is 0. The van der Waals surface area contributed by atoms with E-state index in [0.29, 0.717) is 11.7 Å². The van der Waals surface area contributed by atoms with Crippen molar-refractivity contribution in [2.45, 2.75) is 33.6 Å². The summed E-state index contributed by atoms with van der Waals surface area (Å²) in [6.45, 7) is 7.22. The molecule has 0 radical (unpaired) electrons. The summed E-state index contributed by atoms with van der Waals surface area (Å²) in [6.07, 6.45) is 0. The zero-order valence-electron chi connectivity index (χ0n) is 13.0. The molecule has 0 heterocycles. The quantitative estimate of drug-likeness (QED) is 0.809. The first-order chi connectivity index (χ1) is 9.72. The van der Waals surface area contributed by atoms with Crippen LogP contribution in [0, 0.1) is 5.41 Å². The first-order valence-corrected chi connectivity index (χ1v) is 6.95. The average Bonchev–Trinajstić information content (AvgIpc) is 2.43. The molecular formula is C16H23NO4. The molecule has 0 aliphatic heterocycles. The van der Waals surface area contributed by atoms with E-state index in [2.05, 4.69) is 19.2 Å². The standard InChI is InChI=1S/C16H23NO4/c1-11(2)12-6-5-7-13(8-12)21-9-14(18)17-10-16(3,4)15(19)20/h5-8,11H,9-10H2,1-4H3,(H,17,18)(H,19,20). The van der Waals surface area contributed by atoms with Gasteiger partial charge in [0.05, 0.1) is 5.41 Å². The number of ether oxygens (including phenoxy) is 1. The molecule has 0 saturated heterocycles. The summed E-state index contributed by atoms with van der Waals surface area (Å²) < 4.78 is 5.42. The number of hydrogen-bond acceptors (Lipinski definition) is 3. The minimum absolute atomic E-state index is 0.0660. The lowest BCUT2D eigenvalue weighted by Crippen LogP contribution is -2.40. The zero-order chi connectivity index (χ0) is 16.0. The number of aliphatic carboxylic acids is 1. The van der Waals surface area contributed by atoms with Gasteiger partial charge in [-0.25, -0.2) is 0 Å². The van der Waals surface area contributed by atoms with Crippen LogP contribution in [0.15, 0.2) is 24.3 Å². The zero-order valence-corrected chi connectivity index (χ0v) is 13.0. The van der Waals surface area contributed by atoms with Gasteiger partial charge in [0.1, 0.15) is 5.75 Å². The van der Waals surface area contributed by atoms with Crippen LogP contribution in [0.25, 0.3) is 0 Å². The maximum Gasteiger partial charge on any atom is 0.310 e. The van der Waals surface area contributed by atoms with E-state index in [1.54, 1.807) is 19.9 Å². The van der Waals surface area contributed by atoms with Crippen LogP contribution in [0.4, 0.5) is 0 Å². The highest BCUT2D eigenvalue weighted by atomic mass is 16.5. The van der Waals surface area contributed by atoms with Gasteiger partial charge in [-0.05, 0) is 37.5 Å². The average molecular weight is 293 g/mol.